The van der Waals surface area contributed by atoms with Gasteiger partial charge in [0, 0.05) is 7.05 Å². The molecule has 0 aromatic carbocycles. The van der Waals surface area contributed by atoms with Gasteiger partial charge < -0.3 is 4.57 Å². The minimum atomic E-state index is 0.114. The number of hydrogen-bond acceptors (Lipinski definition) is 2. The molecule has 0 aliphatic rings. The Bertz CT molecular complexity index is 424. The Hall–Kier alpha value is -0.830. The summed E-state index contributed by atoms with van der Waals surface area (Å²) in [6.45, 7) is 4.03. The maximum Gasteiger partial charge on any atom is 0.307 e. The second-order valence-corrected chi connectivity index (χ2v) is 3.57. The molecule has 0 N–H and O–H groups in total. The van der Waals surface area contributed by atoms with Crippen LogP contribution in [0.3, 0.4) is 0 Å². The molecule has 1 aromatic heterocycles. The predicted molar refractivity (Wildman–Crippen MR) is 53.7 cm³/mol. The SMILES string of the molecule is C/C=c1/sc(=O)n(C)/c1=C/CC. The highest BCUT2D eigenvalue weighted by molar-refractivity contribution is 7.07. The first-order valence-corrected chi connectivity index (χ1v) is 4.84. The molecule has 2 nitrogen and oxygen atoms in total. The quantitative estimate of drug-likeness (QED) is 0.619. The normalized spacial score (nSPS) is 14.2. The third kappa shape index (κ3) is 1.50. The van der Waals surface area contributed by atoms with Crippen molar-refractivity contribution in [2.45, 2.75) is 20.3 Å². The van der Waals surface area contributed by atoms with Crippen molar-refractivity contribution >= 4 is 23.5 Å². The summed E-state index contributed by atoms with van der Waals surface area (Å²) in [5.41, 5.74) is 0. The van der Waals surface area contributed by atoms with Crippen LogP contribution in [0.1, 0.15) is 20.3 Å². The molecule has 3 heteroatoms. The molecule has 66 valence electrons. The van der Waals surface area contributed by atoms with Gasteiger partial charge in [-0.1, -0.05) is 30.4 Å². The Balaban J connectivity index is 3.65. The van der Waals surface area contributed by atoms with Crippen molar-refractivity contribution < 1.29 is 0 Å². The van der Waals surface area contributed by atoms with E-state index in [1.807, 2.05) is 20.0 Å². The van der Waals surface area contributed by atoms with Gasteiger partial charge in [-0.15, -0.1) is 0 Å². The minimum absolute atomic E-state index is 0.114. The van der Waals surface area contributed by atoms with Crippen LogP contribution in [0.2, 0.25) is 0 Å². The van der Waals surface area contributed by atoms with Gasteiger partial charge >= 0.3 is 4.87 Å². The lowest BCUT2D eigenvalue weighted by molar-refractivity contribution is 0.854. The fourth-order valence-corrected chi connectivity index (χ4v) is 1.98. The first-order chi connectivity index (χ1) is 5.70. The summed E-state index contributed by atoms with van der Waals surface area (Å²) in [4.78, 5) is 11.3. The number of rotatable bonds is 1. The molecule has 0 unspecified atom stereocenters. The lowest BCUT2D eigenvalue weighted by atomic mass is 10.4. The zero-order valence-corrected chi connectivity index (χ0v) is 8.44. The molecule has 0 saturated heterocycles. The van der Waals surface area contributed by atoms with E-state index in [1.54, 1.807) is 4.57 Å². The molecule has 1 rings (SSSR count). The Labute approximate surface area is 75.5 Å². The fourth-order valence-electron chi connectivity index (χ4n) is 1.12. The lowest BCUT2D eigenvalue weighted by Crippen LogP contribution is -2.29. The molecular formula is C9H13NOS. The van der Waals surface area contributed by atoms with Crippen LogP contribution in [0.4, 0.5) is 0 Å². The molecule has 0 bridgehead atoms. The van der Waals surface area contributed by atoms with Crippen LogP contribution in [0.5, 0.6) is 0 Å². The maximum atomic E-state index is 11.2. The molecule has 0 fully saturated rings. The Morgan fingerprint density at radius 1 is 1.58 bits per heavy atom. The predicted octanol–water partition coefficient (Wildman–Crippen LogP) is 0.438. The van der Waals surface area contributed by atoms with Gasteiger partial charge in [0.05, 0.1) is 9.88 Å². The summed E-state index contributed by atoms with van der Waals surface area (Å²) in [7, 11) is 1.81. The van der Waals surface area contributed by atoms with Gasteiger partial charge in [0.15, 0.2) is 0 Å². The van der Waals surface area contributed by atoms with Gasteiger partial charge in [-0.25, -0.2) is 0 Å². The van der Waals surface area contributed by atoms with Gasteiger partial charge in [-0.3, -0.25) is 4.79 Å². The second-order valence-electron chi connectivity index (χ2n) is 2.58. The van der Waals surface area contributed by atoms with E-state index in [2.05, 4.69) is 13.0 Å². The van der Waals surface area contributed by atoms with E-state index in [0.29, 0.717) is 0 Å². The first-order valence-electron chi connectivity index (χ1n) is 4.03. The zero-order valence-electron chi connectivity index (χ0n) is 7.63. The smallest absolute Gasteiger partial charge is 0.302 e. The van der Waals surface area contributed by atoms with Crippen LogP contribution in [0, 0.1) is 0 Å². The van der Waals surface area contributed by atoms with E-state index in [9.17, 15) is 4.79 Å². The Morgan fingerprint density at radius 2 is 2.25 bits per heavy atom. The van der Waals surface area contributed by atoms with Crippen molar-refractivity contribution in [1.82, 2.24) is 4.57 Å². The number of thiazole rings is 1. The summed E-state index contributed by atoms with van der Waals surface area (Å²) in [5, 5.41) is 1.05. The molecular weight excluding hydrogens is 170 g/mol. The van der Waals surface area contributed by atoms with Crippen molar-refractivity contribution in [3.8, 4) is 0 Å². The molecule has 0 amide bonds. The van der Waals surface area contributed by atoms with Crippen molar-refractivity contribution in [2.75, 3.05) is 0 Å². The first kappa shape index (κ1) is 9.26. The van der Waals surface area contributed by atoms with Gasteiger partial charge in [0.25, 0.3) is 0 Å². The van der Waals surface area contributed by atoms with E-state index in [0.717, 1.165) is 16.3 Å². The highest BCUT2D eigenvalue weighted by atomic mass is 32.1. The van der Waals surface area contributed by atoms with Crippen molar-refractivity contribution in [3.05, 3.63) is 19.5 Å². The molecule has 0 saturated carbocycles. The molecule has 0 aliphatic heterocycles. The monoisotopic (exact) mass is 183 g/mol. The van der Waals surface area contributed by atoms with Crippen LogP contribution in [-0.2, 0) is 7.05 Å². The largest absolute Gasteiger partial charge is 0.307 e. The van der Waals surface area contributed by atoms with E-state index < -0.39 is 0 Å². The lowest BCUT2D eigenvalue weighted by Gasteiger charge is -1.86. The molecule has 0 aliphatic carbocycles. The Morgan fingerprint density at radius 3 is 2.75 bits per heavy atom. The average Bonchev–Trinajstić information content (AvgIpc) is 2.33. The highest BCUT2D eigenvalue weighted by Gasteiger charge is 1.95. The van der Waals surface area contributed by atoms with Crippen LogP contribution < -0.4 is 14.8 Å². The fraction of sp³-hybridized carbons (Fsp3) is 0.444. The molecule has 0 spiro atoms. The van der Waals surface area contributed by atoms with Crippen LogP contribution in [0.25, 0.3) is 12.2 Å². The van der Waals surface area contributed by atoms with Crippen LogP contribution in [-0.4, -0.2) is 4.57 Å². The van der Waals surface area contributed by atoms with Crippen LogP contribution in [0.15, 0.2) is 4.79 Å². The maximum absolute atomic E-state index is 11.2. The molecule has 0 atom stereocenters. The molecule has 0 radical (unpaired) electrons. The van der Waals surface area contributed by atoms with Gasteiger partial charge in [-0.05, 0) is 13.3 Å². The Kier molecular flexibility index (Phi) is 2.87. The van der Waals surface area contributed by atoms with Gasteiger partial charge in [0.1, 0.15) is 0 Å². The van der Waals surface area contributed by atoms with E-state index in [4.69, 9.17) is 0 Å². The third-order valence-corrected chi connectivity index (χ3v) is 2.86. The van der Waals surface area contributed by atoms with E-state index >= 15 is 0 Å². The third-order valence-electron chi connectivity index (χ3n) is 1.74. The van der Waals surface area contributed by atoms with E-state index in [-0.39, 0.29) is 4.87 Å². The number of aromatic nitrogens is 1. The van der Waals surface area contributed by atoms with Crippen LogP contribution >= 0.6 is 11.3 Å². The van der Waals surface area contributed by atoms with Crippen molar-refractivity contribution in [1.29, 1.82) is 0 Å². The van der Waals surface area contributed by atoms with E-state index in [1.165, 1.54) is 11.3 Å². The summed E-state index contributed by atoms with van der Waals surface area (Å²) in [6.07, 6.45) is 5.02. The standard InChI is InChI=1S/C9H13NOS/c1-4-6-7-8(5-2)12-9(11)10(7)3/h5-6H,4H2,1-3H3/b7-6+,8-5+. The van der Waals surface area contributed by atoms with Crippen molar-refractivity contribution in [3.63, 3.8) is 0 Å². The number of hydrogen-bond donors (Lipinski definition) is 0. The topological polar surface area (TPSA) is 22.0 Å². The summed E-state index contributed by atoms with van der Waals surface area (Å²) >= 11 is 1.30. The zero-order chi connectivity index (χ0) is 9.14. The van der Waals surface area contributed by atoms with Crippen molar-refractivity contribution in [2.24, 2.45) is 7.05 Å². The summed E-state index contributed by atoms with van der Waals surface area (Å²) in [6, 6.07) is 0. The minimum Gasteiger partial charge on any atom is -0.302 e. The molecule has 1 aromatic rings. The number of nitrogens with zero attached hydrogens (tertiary/aromatic N) is 1. The summed E-state index contributed by atoms with van der Waals surface area (Å²) in [5.74, 6) is 0. The molecule has 1 heterocycles. The second kappa shape index (κ2) is 3.72. The highest BCUT2D eigenvalue weighted by Crippen LogP contribution is 1.76. The van der Waals surface area contributed by atoms with Gasteiger partial charge in [0.2, 0.25) is 0 Å². The average molecular weight is 183 g/mol. The van der Waals surface area contributed by atoms with Gasteiger partial charge in [-0.2, -0.15) is 0 Å². The summed E-state index contributed by atoms with van der Waals surface area (Å²) < 4.78 is 2.77. The molecule has 12 heavy (non-hydrogen) atoms.